The van der Waals surface area contributed by atoms with Crippen molar-refractivity contribution in [1.29, 1.82) is 0 Å². The zero-order valence-corrected chi connectivity index (χ0v) is 15.5. The van der Waals surface area contributed by atoms with Crippen molar-refractivity contribution >= 4 is 28.6 Å². The van der Waals surface area contributed by atoms with Gasteiger partial charge >= 0.3 is 0 Å². The average Bonchev–Trinajstić information content (AvgIpc) is 3.12. The molecule has 0 amide bonds. The molecule has 0 saturated carbocycles. The number of aromatic nitrogens is 4. The fourth-order valence-electron chi connectivity index (χ4n) is 3.00. The van der Waals surface area contributed by atoms with Crippen LogP contribution in [0.2, 0.25) is 5.02 Å². The van der Waals surface area contributed by atoms with Crippen molar-refractivity contribution in [3.05, 3.63) is 93.5 Å². The van der Waals surface area contributed by atoms with E-state index >= 15 is 0 Å². The molecule has 27 heavy (non-hydrogen) atoms. The van der Waals surface area contributed by atoms with Crippen molar-refractivity contribution in [3.8, 4) is 5.69 Å². The van der Waals surface area contributed by atoms with Gasteiger partial charge in [-0.1, -0.05) is 60.2 Å². The van der Waals surface area contributed by atoms with Crippen molar-refractivity contribution in [3.63, 3.8) is 0 Å². The average molecular weight is 377 g/mol. The number of halogens is 1. The third-order valence-corrected chi connectivity index (χ3v) is 4.54. The molecule has 4 aromatic rings. The highest BCUT2D eigenvalue weighted by molar-refractivity contribution is 6.30. The number of hydrogen-bond acceptors (Lipinski definition) is 3. The Morgan fingerprint density at radius 2 is 1.93 bits per heavy atom. The quantitative estimate of drug-likeness (QED) is 0.534. The number of fused-ring (bicyclic) bond motifs is 1. The van der Waals surface area contributed by atoms with Crippen LogP contribution in [0.15, 0.2) is 71.7 Å². The van der Waals surface area contributed by atoms with Crippen molar-refractivity contribution in [2.75, 3.05) is 0 Å². The first-order chi connectivity index (χ1) is 13.1. The molecule has 0 bridgehead atoms. The van der Waals surface area contributed by atoms with Gasteiger partial charge in [0, 0.05) is 10.4 Å². The molecular weight excluding hydrogens is 360 g/mol. The first-order valence-corrected chi connectivity index (χ1v) is 8.94. The van der Waals surface area contributed by atoms with E-state index in [1.807, 2.05) is 61.5 Å². The molecule has 2 heterocycles. The minimum absolute atomic E-state index is 0.189. The standard InChI is InChI=1S/C21H17ClN4O/c1-15-19-14-23-26(18-11-5-10-17(22)13-18)20(19)21(27)25(24-15)12-6-9-16-7-3-2-4-8-16/h2-11,13-14H,12H2,1H3/b9-6+. The highest BCUT2D eigenvalue weighted by atomic mass is 35.5. The predicted molar refractivity (Wildman–Crippen MR) is 108 cm³/mol. The van der Waals surface area contributed by atoms with Crippen LogP contribution in [-0.2, 0) is 6.54 Å². The predicted octanol–water partition coefficient (Wildman–Crippen LogP) is 4.26. The molecular formula is C21H17ClN4O. The minimum atomic E-state index is -0.189. The number of nitrogens with zero attached hydrogens (tertiary/aromatic N) is 4. The van der Waals surface area contributed by atoms with E-state index in [4.69, 9.17) is 11.6 Å². The summed E-state index contributed by atoms with van der Waals surface area (Å²) < 4.78 is 3.08. The minimum Gasteiger partial charge on any atom is -0.265 e. The van der Waals surface area contributed by atoms with Crippen LogP contribution < -0.4 is 5.56 Å². The zero-order chi connectivity index (χ0) is 18.8. The van der Waals surface area contributed by atoms with Gasteiger partial charge in [-0.25, -0.2) is 9.36 Å². The summed E-state index contributed by atoms with van der Waals surface area (Å²) in [5, 5.41) is 10.1. The van der Waals surface area contributed by atoms with E-state index < -0.39 is 0 Å². The second kappa shape index (κ2) is 7.21. The van der Waals surface area contributed by atoms with Crippen LogP contribution in [0.1, 0.15) is 11.3 Å². The summed E-state index contributed by atoms with van der Waals surface area (Å²) in [6.07, 6.45) is 5.57. The highest BCUT2D eigenvalue weighted by Crippen LogP contribution is 2.19. The molecule has 0 aliphatic rings. The Labute approximate surface area is 161 Å². The number of allylic oxidation sites excluding steroid dienone is 1. The lowest BCUT2D eigenvalue weighted by atomic mass is 10.2. The molecule has 0 aliphatic carbocycles. The van der Waals surface area contributed by atoms with Crippen molar-refractivity contribution in [2.24, 2.45) is 0 Å². The maximum Gasteiger partial charge on any atom is 0.293 e. The summed E-state index contributed by atoms with van der Waals surface area (Å²) in [6.45, 7) is 2.26. The summed E-state index contributed by atoms with van der Waals surface area (Å²) in [5.41, 5.74) is 2.88. The molecule has 2 aromatic carbocycles. The monoisotopic (exact) mass is 376 g/mol. The normalized spacial score (nSPS) is 11.5. The summed E-state index contributed by atoms with van der Waals surface area (Å²) >= 11 is 6.10. The molecule has 0 radical (unpaired) electrons. The molecule has 4 rings (SSSR count). The Hall–Kier alpha value is -3.18. The number of benzene rings is 2. The van der Waals surface area contributed by atoms with Gasteiger partial charge in [-0.15, -0.1) is 0 Å². The number of hydrogen-bond donors (Lipinski definition) is 0. The highest BCUT2D eigenvalue weighted by Gasteiger charge is 2.14. The van der Waals surface area contributed by atoms with Gasteiger partial charge in [0.1, 0.15) is 5.52 Å². The SMILES string of the molecule is Cc1nn(C/C=C/c2ccccc2)c(=O)c2c1cnn2-c1cccc(Cl)c1. The summed E-state index contributed by atoms with van der Waals surface area (Å²) in [6, 6.07) is 17.2. The van der Waals surface area contributed by atoms with Crippen molar-refractivity contribution in [1.82, 2.24) is 19.6 Å². The number of aryl methyl sites for hydroxylation is 1. The van der Waals surface area contributed by atoms with Gasteiger partial charge in [0.05, 0.1) is 24.1 Å². The lowest BCUT2D eigenvalue weighted by Gasteiger charge is -2.07. The first kappa shape index (κ1) is 17.2. The molecule has 2 aromatic heterocycles. The third-order valence-electron chi connectivity index (χ3n) is 4.31. The van der Waals surface area contributed by atoms with Crippen molar-refractivity contribution < 1.29 is 0 Å². The molecule has 0 N–H and O–H groups in total. The van der Waals surface area contributed by atoms with Gasteiger partial charge in [0.2, 0.25) is 0 Å². The number of rotatable bonds is 4. The second-order valence-electron chi connectivity index (χ2n) is 6.18. The molecule has 134 valence electrons. The fraction of sp³-hybridized carbons (Fsp3) is 0.0952. The van der Waals surface area contributed by atoms with E-state index in [1.165, 1.54) is 4.68 Å². The molecule has 0 unspecified atom stereocenters. The van der Waals surface area contributed by atoms with Gasteiger partial charge in [0.15, 0.2) is 0 Å². The topological polar surface area (TPSA) is 52.7 Å². The molecule has 0 atom stereocenters. The van der Waals surface area contributed by atoms with E-state index in [9.17, 15) is 4.79 Å². The molecule has 0 fully saturated rings. The molecule has 0 spiro atoms. The van der Waals surface area contributed by atoms with E-state index in [0.29, 0.717) is 17.1 Å². The fourth-order valence-corrected chi connectivity index (χ4v) is 3.19. The Morgan fingerprint density at radius 3 is 2.70 bits per heavy atom. The second-order valence-corrected chi connectivity index (χ2v) is 6.62. The summed E-state index contributed by atoms with van der Waals surface area (Å²) in [5.74, 6) is 0. The zero-order valence-electron chi connectivity index (χ0n) is 14.7. The Balaban J connectivity index is 1.77. The smallest absolute Gasteiger partial charge is 0.265 e. The van der Waals surface area contributed by atoms with E-state index in [1.54, 1.807) is 23.0 Å². The lowest BCUT2D eigenvalue weighted by Crippen LogP contribution is -2.25. The summed E-state index contributed by atoms with van der Waals surface area (Å²) in [4.78, 5) is 13.0. The van der Waals surface area contributed by atoms with Gasteiger partial charge in [-0.05, 0) is 30.7 Å². The maximum atomic E-state index is 13.0. The van der Waals surface area contributed by atoms with Gasteiger partial charge in [0.25, 0.3) is 5.56 Å². The first-order valence-electron chi connectivity index (χ1n) is 8.56. The Bertz CT molecular complexity index is 1190. The van der Waals surface area contributed by atoms with Crippen LogP contribution >= 0.6 is 11.6 Å². The van der Waals surface area contributed by atoms with Crippen LogP contribution in [0.4, 0.5) is 0 Å². The lowest BCUT2D eigenvalue weighted by molar-refractivity contribution is 0.648. The van der Waals surface area contributed by atoms with Crippen LogP contribution in [0.3, 0.4) is 0 Å². The van der Waals surface area contributed by atoms with Gasteiger partial charge in [-0.3, -0.25) is 4.79 Å². The van der Waals surface area contributed by atoms with Crippen LogP contribution in [0.25, 0.3) is 22.7 Å². The molecule has 0 aliphatic heterocycles. The maximum absolute atomic E-state index is 13.0. The van der Waals surface area contributed by atoms with Gasteiger partial charge < -0.3 is 0 Å². The largest absolute Gasteiger partial charge is 0.293 e. The Kier molecular flexibility index (Phi) is 4.60. The van der Waals surface area contributed by atoms with E-state index in [0.717, 1.165) is 22.3 Å². The van der Waals surface area contributed by atoms with Crippen LogP contribution in [0.5, 0.6) is 0 Å². The van der Waals surface area contributed by atoms with Crippen LogP contribution in [-0.4, -0.2) is 19.6 Å². The summed E-state index contributed by atoms with van der Waals surface area (Å²) in [7, 11) is 0. The van der Waals surface area contributed by atoms with Gasteiger partial charge in [-0.2, -0.15) is 10.2 Å². The van der Waals surface area contributed by atoms with Crippen molar-refractivity contribution in [2.45, 2.75) is 13.5 Å². The van der Waals surface area contributed by atoms with E-state index in [-0.39, 0.29) is 5.56 Å². The molecule has 6 heteroatoms. The molecule has 0 saturated heterocycles. The van der Waals surface area contributed by atoms with Crippen LogP contribution in [0, 0.1) is 6.92 Å². The molecule has 5 nitrogen and oxygen atoms in total. The Morgan fingerprint density at radius 1 is 1.11 bits per heavy atom. The van der Waals surface area contributed by atoms with E-state index in [2.05, 4.69) is 10.2 Å². The third kappa shape index (κ3) is 3.41.